The van der Waals surface area contributed by atoms with Crippen molar-refractivity contribution in [3.05, 3.63) is 58.1 Å². The van der Waals surface area contributed by atoms with Crippen LogP contribution in [0.25, 0.3) is 0 Å². The van der Waals surface area contributed by atoms with E-state index in [1.54, 1.807) is 7.11 Å². The molecule has 1 unspecified atom stereocenters. The molecule has 2 rings (SSSR count). The Morgan fingerprint density at radius 1 is 1.20 bits per heavy atom. The Morgan fingerprint density at radius 3 is 2.60 bits per heavy atom. The van der Waals surface area contributed by atoms with E-state index in [2.05, 4.69) is 35.0 Å². The molecular formula is C16H18BrNO2. The first-order chi connectivity index (χ1) is 9.63. The summed E-state index contributed by atoms with van der Waals surface area (Å²) in [6, 6.07) is 13.8. The lowest BCUT2D eigenvalue weighted by Gasteiger charge is -2.19. The molecule has 1 atom stereocenters. The minimum absolute atomic E-state index is 0.167. The average Bonchev–Trinajstić information content (AvgIpc) is 2.46. The van der Waals surface area contributed by atoms with Gasteiger partial charge in [0, 0.05) is 6.54 Å². The quantitative estimate of drug-likeness (QED) is 0.902. The molecule has 0 saturated heterocycles. The number of methoxy groups -OCH3 is 1. The van der Waals surface area contributed by atoms with Gasteiger partial charge in [0.05, 0.1) is 11.6 Å². The molecule has 2 aromatic carbocycles. The molecule has 2 N–H and O–H groups in total. The number of aryl methyl sites for hydroxylation is 1. The van der Waals surface area contributed by atoms with E-state index in [4.69, 9.17) is 15.2 Å². The minimum Gasteiger partial charge on any atom is -0.497 e. The molecular weight excluding hydrogens is 318 g/mol. The standard InChI is InChI=1S/C16H18BrNO2/c1-11-4-3-5-12(8-11)16(10-18)20-15-7-6-13(19-2)9-14(15)17/h3-9,16H,10,18H2,1-2H3. The minimum atomic E-state index is -0.167. The first kappa shape index (κ1) is 14.9. The fourth-order valence-electron chi connectivity index (χ4n) is 1.98. The maximum Gasteiger partial charge on any atom is 0.136 e. The van der Waals surface area contributed by atoms with Crippen molar-refractivity contribution in [3.63, 3.8) is 0 Å². The molecule has 0 heterocycles. The van der Waals surface area contributed by atoms with Gasteiger partial charge < -0.3 is 15.2 Å². The summed E-state index contributed by atoms with van der Waals surface area (Å²) in [7, 11) is 1.64. The Morgan fingerprint density at radius 2 is 2.00 bits per heavy atom. The summed E-state index contributed by atoms with van der Waals surface area (Å²) < 4.78 is 12.0. The van der Waals surface area contributed by atoms with Gasteiger partial charge in [-0.05, 0) is 46.6 Å². The van der Waals surface area contributed by atoms with Crippen LogP contribution in [0.15, 0.2) is 46.9 Å². The van der Waals surface area contributed by atoms with Crippen molar-refractivity contribution >= 4 is 15.9 Å². The lowest BCUT2D eigenvalue weighted by atomic mass is 10.1. The van der Waals surface area contributed by atoms with Crippen LogP contribution in [0.1, 0.15) is 17.2 Å². The van der Waals surface area contributed by atoms with Crippen LogP contribution in [0.3, 0.4) is 0 Å². The maximum atomic E-state index is 6.01. The normalized spacial score (nSPS) is 12.0. The van der Waals surface area contributed by atoms with Crippen LogP contribution in [-0.2, 0) is 0 Å². The Labute approximate surface area is 127 Å². The Bertz CT molecular complexity index is 586. The van der Waals surface area contributed by atoms with Crippen LogP contribution in [0, 0.1) is 6.92 Å². The molecule has 0 amide bonds. The fourth-order valence-corrected chi connectivity index (χ4v) is 2.43. The summed E-state index contributed by atoms with van der Waals surface area (Å²) >= 11 is 3.49. The molecule has 0 aromatic heterocycles. The number of hydrogen-bond donors (Lipinski definition) is 1. The van der Waals surface area contributed by atoms with E-state index >= 15 is 0 Å². The summed E-state index contributed by atoms with van der Waals surface area (Å²) in [6.45, 7) is 2.47. The van der Waals surface area contributed by atoms with Gasteiger partial charge in [-0.25, -0.2) is 0 Å². The highest BCUT2D eigenvalue weighted by atomic mass is 79.9. The molecule has 4 heteroatoms. The number of nitrogens with two attached hydrogens (primary N) is 1. The molecule has 3 nitrogen and oxygen atoms in total. The van der Waals surface area contributed by atoms with Crippen LogP contribution >= 0.6 is 15.9 Å². The second kappa shape index (κ2) is 6.77. The lowest BCUT2D eigenvalue weighted by Crippen LogP contribution is -2.18. The lowest BCUT2D eigenvalue weighted by molar-refractivity contribution is 0.212. The molecule has 106 valence electrons. The monoisotopic (exact) mass is 335 g/mol. The van der Waals surface area contributed by atoms with Crippen LogP contribution in [0.2, 0.25) is 0 Å². The molecule has 0 saturated carbocycles. The molecule has 0 spiro atoms. The third-order valence-corrected chi connectivity index (χ3v) is 3.66. The van der Waals surface area contributed by atoms with Gasteiger partial charge in [-0.3, -0.25) is 0 Å². The fraction of sp³-hybridized carbons (Fsp3) is 0.250. The van der Waals surface area contributed by atoms with Gasteiger partial charge >= 0.3 is 0 Å². The number of hydrogen-bond acceptors (Lipinski definition) is 3. The van der Waals surface area contributed by atoms with E-state index in [0.717, 1.165) is 21.5 Å². The van der Waals surface area contributed by atoms with E-state index < -0.39 is 0 Å². The second-order valence-electron chi connectivity index (χ2n) is 4.55. The van der Waals surface area contributed by atoms with Gasteiger partial charge in [0.2, 0.25) is 0 Å². The van der Waals surface area contributed by atoms with Crippen molar-refractivity contribution < 1.29 is 9.47 Å². The van der Waals surface area contributed by atoms with Gasteiger partial charge in [0.25, 0.3) is 0 Å². The predicted molar refractivity (Wildman–Crippen MR) is 84.3 cm³/mol. The van der Waals surface area contributed by atoms with E-state index in [1.165, 1.54) is 5.56 Å². The van der Waals surface area contributed by atoms with Gasteiger partial charge in [0.15, 0.2) is 0 Å². The second-order valence-corrected chi connectivity index (χ2v) is 5.41. The van der Waals surface area contributed by atoms with Crippen molar-refractivity contribution in [3.8, 4) is 11.5 Å². The predicted octanol–water partition coefficient (Wildman–Crippen LogP) is 3.84. The zero-order valence-corrected chi connectivity index (χ0v) is 13.2. The van der Waals surface area contributed by atoms with Crippen LogP contribution in [0.5, 0.6) is 11.5 Å². The molecule has 20 heavy (non-hydrogen) atoms. The number of benzene rings is 2. The highest BCUT2D eigenvalue weighted by Crippen LogP contribution is 2.32. The molecule has 0 aliphatic carbocycles. The SMILES string of the molecule is COc1ccc(OC(CN)c2cccc(C)c2)c(Br)c1. The summed E-state index contributed by atoms with van der Waals surface area (Å²) in [4.78, 5) is 0. The number of rotatable bonds is 5. The topological polar surface area (TPSA) is 44.5 Å². The van der Waals surface area contributed by atoms with Gasteiger partial charge in [-0.1, -0.05) is 29.8 Å². The highest BCUT2D eigenvalue weighted by Gasteiger charge is 2.13. The summed E-state index contributed by atoms with van der Waals surface area (Å²) in [5.41, 5.74) is 8.12. The third kappa shape index (κ3) is 3.52. The zero-order valence-electron chi connectivity index (χ0n) is 11.6. The smallest absolute Gasteiger partial charge is 0.136 e. The molecule has 2 aromatic rings. The number of ether oxygens (including phenoxy) is 2. The maximum absolute atomic E-state index is 6.01. The van der Waals surface area contributed by atoms with Crippen molar-refractivity contribution in [2.45, 2.75) is 13.0 Å². The van der Waals surface area contributed by atoms with Crippen molar-refractivity contribution in [2.75, 3.05) is 13.7 Å². The van der Waals surface area contributed by atoms with Gasteiger partial charge in [-0.2, -0.15) is 0 Å². The summed E-state index contributed by atoms with van der Waals surface area (Å²) in [6.07, 6.45) is -0.167. The highest BCUT2D eigenvalue weighted by molar-refractivity contribution is 9.10. The first-order valence-electron chi connectivity index (χ1n) is 6.41. The van der Waals surface area contributed by atoms with Gasteiger partial charge in [0.1, 0.15) is 17.6 Å². The Balaban J connectivity index is 2.22. The zero-order chi connectivity index (χ0) is 14.5. The van der Waals surface area contributed by atoms with Crippen molar-refractivity contribution in [2.24, 2.45) is 5.73 Å². The molecule has 0 radical (unpaired) electrons. The average molecular weight is 336 g/mol. The summed E-state index contributed by atoms with van der Waals surface area (Å²) in [5.74, 6) is 1.53. The molecule has 0 aliphatic rings. The summed E-state index contributed by atoms with van der Waals surface area (Å²) in [5, 5.41) is 0. The molecule has 0 aliphatic heterocycles. The molecule has 0 bridgehead atoms. The van der Waals surface area contributed by atoms with E-state index in [-0.39, 0.29) is 6.10 Å². The van der Waals surface area contributed by atoms with Crippen molar-refractivity contribution in [1.29, 1.82) is 0 Å². The van der Waals surface area contributed by atoms with E-state index in [0.29, 0.717) is 6.54 Å². The molecule has 0 fully saturated rings. The third-order valence-electron chi connectivity index (χ3n) is 3.04. The Kier molecular flexibility index (Phi) is 5.04. The van der Waals surface area contributed by atoms with E-state index in [1.807, 2.05) is 30.3 Å². The van der Waals surface area contributed by atoms with Crippen LogP contribution in [0.4, 0.5) is 0 Å². The van der Waals surface area contributed by atoms with Crippen LogP contribution in [-0.4, -0.2) is 13.7 Å². The van der Waals surface area contributed by atoms with E-state index in [9.17, 15) is 0 Å². The Hall–Kier alpha value is -1.52. The van der Waals surface area contributed by atoms with Crippen LogP contribution < -0.4 is 15.2 Å². The van der Waals surface area contributed by atoms with Crippen molar-refractivity contribution in [1.82, 2.24) is 0 Å². The van der Waals surface area contributed by atoms with Gasteiger partial charge in [-0.15, -0.1) is 0 Å². The number of halogens is 1. The largest absolute Gasteiger partial charge is 0.497 e. The first-order valence-corrected chi connectivity index (χ1v) is 7.20.